The van der Waals surface area contributed by atoms with Crippen LogP contribution in [0.4, 0.5) is 10.5 Å². The molecule has 4 nitrogen and oxygen atoms in total. The van der Waals surface area contributed by atoms with Gasteiger partial charge in [0.05, 0.1) is 12.3 Å². The Hall–Kier alpha value is -1.71. The highest BCUT2D eigenvalue weighted by Crippen LogP contribution is 2.30. The Morgan fingerprint density at radius 1 is 1.50 bits per heavy atom. The fourth-order valence-corrected chi connectivity index (χ4v) is 1.79. The van der Waals surface area contributed by atoms with E-state index < -0.39 is 0 Å². The van der Waals surface area contributed by atoms with Crippen LogP contribution in [0.25, 0.3) is 0 Å². The Morgan fingerprint density at radius 3 is 3.12 bits per heavy atom. The molecule has 2 amide bonds. The SMILES string of the molecule is CCNC(=O)N1CCCOc2ccccc21. The summed E-state index contributed by atoms with van der Waals surface area (Å²) >= 11 is 0. The lowest BCUT2D eigenvalue weighted by atomic mass is 10.2. The van der Waals surface area contributed by atoms with Crippen LogP contribution < -0.4 is 15.0 Å². The monoisotopic (exact) mass is 220 g/mol. The van der Waals surface area contributed by atoms with Crippen LogP contribution in [0.1, 0.15) is 13.3 Å². The lowest BCUT2D eigenvalue weighted by Gasteiger charge is -2.21. The molecule has 16 heavy (non-hydrogen) atoms. The Bertz CT molecular complexity index is 379. The van der Waals surface area contributed by atoms with E-state index in [0.29, 0.717) is 19.7 Å². The Balaban J connectivity index is 2.28. The van der Waals surface area contributed by atoms with Crippen molar-refractivity contribution in [2.75, 3.05) is 24.6 Å². The third kappa shape index (κ3) is 2.10. The topological polar surface area (TPSA) is 41.6 Å². The molecule has 1 aromatic carbocycles. The van der Waals surface area contributed by atoms with Gasteiger partial charge in [-0.15, -0.1) is 0 Å². The standard InChI is InChI=1S/C12H16N2O2/c1-2-13-12(15)14-8-5-9-16-11-7-4-3-6-10(11)14/h3-4,6-7H,2,5,8-9H2,1H3,(H,13,15). The van der Waals surface area contributed by atoms with E-state index in [0.717, 1.165) is 17.9 Å². The molecule has 1 N–H and O–H groups in total. The van der Waals surface area contributed by atoms with Gasteiger partial charge < -0.3 is 10.1 Å². The average Bonchev–Trinajstić information content (AvgIpc) is 2.51. The molecule has 0 bridgehead atoms. The third-order valence-corrected chi connectivity index (χ3v) is 2.51. The van der Waals surface area contributed by atoms with Gasteiger partial charge in [0.2, 0.25) is 0 Å². The highest BCUT2D eigenvalue weighted by atomic mass is 16.5. The minimum Gasteiger partial charge on any atom is -0.491 e. The highest BCUT2D eigenvalue weighted by Gasteiger charge is 2.20. The fraction of sp³-hybridized carbons (Fsp3) is 0.417. The van der Waals surface area contributed by atoms with E-state index in [4.69, 9.17) is 4.74 Å². The molecule has 0 aromatic heterocycles. The number of carbonyl (C=O) groups excluding carboxylic acids is 1. The first-order valence-electron chi connectivity index (χ1n) is 5.60. The number of carbonyl (C=O) groups is 1. The van der Waals surface area contributed by atoms with Gasteiger partial charge >= 0.3 is 6.03 Å². The molecular formula is C12H16N2O2. The molecule has 0 spiro atoms. The fourth-order valence-electron chi connectivity index (χ4n) is 1.79. The van der Waals surface area contributed by atoms with E-state index in [2.05, 4.69) is 5.32 Å². The lowest BCUT2D eigenvalue weighted by molar-refractivity contribution is 0.246. The smallest absolute Gasteiger partial charge is 0.321 e. The number of ether oxygens (including phenoxy) is 1. The first kappa shape index (κ1) is 10.8. The van der Waals surface area contributed by atoms with Gasteiger partial charge in [0.15, 0.2) is 0 Å². The highest BCUT2D eigenvalue weighted by molar-refractivity contribution is 5.93. The number of rotatable bonds is 1. The number of hydrogen-bond acceptors (Lipinski definition) is 2. The Morgan fingerprint density at radius 2 is 2.31 bits per heavy atom. The van der Waals surface area contributed by atoms with Crippen molar-refractivity contribution >= 4 is 11.7 Å². The maximum Gasteiger partial charge on any atom is 0.321 e. The molecule has 0 unspecified atom stereocenters. The summed E-state index contributed by atoms with van der Waals surface area (Å²) in [4.78, 5) is 13.6. The zero-order chi connectivity index (χ0) is 11.4. The number of amides is 2. The van der Waals surface area contributed by atoms with Gasteiger partial charge in [0.25, 0.3) is 0 Å². The maximum absolute atomic E-state index is 11.9. The maximum atomic E-state index is 11.9. The summed E-state index contributed by atoms with van der Waals surface area (Å²) in [6, 6.07) is 7.59. The van der Waals surface area contributed by atoms with Crippen molar-refractivity contribution in [3.8, 4) is 5.75 Å². The van der Waals surface area contributed by atoms with Crippen LogP contribution in [0.2, 0.25) is 0 Å². The molecule has 0 saturated carbocycles. The first-order chi connectivity index (χ1) is 7.83. The van der Waals surface area contributed by atoms with Gasteiger partial charge in [-0.1, -0.05) is 12.1 Å². The molecule has 0 aliphatic carbocycles. The van der Waals surface area contributed by atoms with Crippen LogP contribution >= 0.6 is 0 Å². The summed E-state index contributed by atoms with van der Waals surface area (Å²) in [5, 5.41) is 2.82. The molecular weight excluding hydrogens is 204 g/mol. The van der Waals surface area contributed by atoms with Crippen LogP contribution in [0, 0.1) is 0 Å². The van der Waals surface area contributed by atoms with Crippen molar-refractivity contribution in [2.45, 2.75) is 13.3 Å². The summed E-state index contributed by atoms with van der Waals surface area (Å²) in [7, 11) is 0. The minimum absolute atomic E-state index is 0.0551. The molecule has 1 aromatic rings. The van der Waals surface area contributed by atoms with Crippen molar-refractivity contribution in [3.63, 3.8) is 0 Å². The van der Waals surface area contributed by atoms with Crippen LogP contribution in [0.15, 0.2) is 24.3 Å². The van der Waals surface area contributed by atoms with Crippen LogP contribution in [-0.2, 0) is 0 Å². The average molecular weight is 220 g/mol. The second-order valence-electron chi connectivity index (χ2n) is 3.66. The molecule has 0 atom stereocenters. The summed E-state index contributed by atoms with van der Waals surface area (Å²) < 4.78 is 5.59. The predicted octanol–water partition coefficient (Wildman–Crippen LogP) is 2.00. The Kier molecular flexibility index (Phi) is 3.29. The summed E-state index contributed by atoms with van der Waals surface area (Å²) in [6.45, 7) is 3.91. The molecule has 2 rings (SSSR count). The third-order valence-electron chi connectivity index (χ3n) is 2.51. The lowest BCUT2D eigenvalue weighted by Crippen LogP contribution is -2.40. The van der Waals surface area contributed by atoms with E-state index in [1.54, 1.807) is 4.90 Å². The number of fused-ring (bicyclic) bond motifs is 1. The predicted molar refractivity (Wildman–Crippen MR) is 63.0 cm³/mol. The van der Waals surface area contributed by atoms with Gasteiger partial charge in [-0.05, 0) is 25.5 Å². The number of nitrogens with one attached hydrogen (secondary N) is 1. The van der Waals surface area contributed by atoms with E-state index in [1.165, 1.54) is 0 Å². The van der Waals surface area contributed by atoms with Crippen molar-refractivity contribution in [2.24, 2.45) is 0 Å². The largest absolute Gasteiger partial charge is 0.491 e. The zero-order valence-electron chi connectivity index (χ0n) is 9.40. The van der Waals surface area contributed by atoms with E-state index >= 15 is 0 Å². The number of anilines is 1. The number of urea groups is 1. The van der Waals surface area contributed by atoms with Crippen molar-refractivity contribution in [1.29, 1.82) is 0 Å². The zero-order valence-corrected chi connectivity index (χ0v) is 9.40. The normalized spacial score (nSPS) is 14.7. The first-order valence-corrected chi connectivity index (χ1v) is 5.60. The van der Waals surface area contributed by atoms with Crippen molar-refractivity contribution < 1.29 is 9.53 Å². The minimum atomic E-state index is -0.0551. The second-order valence-corrected chi connectivity index (χ2v) is 3.66. The van der Waals surface area contributed by atoms with Crippen LogP contribution in [0.5, 0.6) is 5.75 Å². The van der Waals surface area contributed by atoms with Gasteiger partial charge in [-0.3, -0.25) is 4.90 Å². The van der Waals surface area contributed by atoms with Crippen LogP contribution in [-0.4, -0.2) is 25.7 Å². The molecule has 86 valence electrons. The molecule has 0 saturated heterocycles. The summed E-state index contributed by atoms with van der Waals surface area (Å²) in [5.74, 6) is 0.784. The van der Waals surface area contributed by atoms with E-state index in [1.807, 2.05) is 31.2 Å². The molecule has 0 fully saturated rings. The number of benzene rings is 1. The summed E-state index contributed by atoms with van der Waals surface area (Å²) in [5.41, 5.74) is 0.853. The molecule has 4 heteroatoms. The number of para-hydroxylation sites is 2. The van der Waals surface area contributed by atoms with Gasteiger partial charge in [-0.2, -0.15) is 0 Å². The summed E-state index contributed by atoms with van der Waals surface area (Å²) in [6.07, 6.45) is 0.853. The Labute approximate surface area is 95.2 Å². The van der Waals surface area contributed by atoms with Crippen molar-refractivity contribution in [3.05, 3.63) is 24.3 Å². The van der Waals surface area contributed by atoms with Crippen LogP contribution in [0.3, 0.4) is 0 Å². The van der Waals surface area contributed by atoms with E-state index in [9.17, 15) is 4.79 Å². The van der Waals surface area contributed by atoms with Gasteiger partial charge in [0, 0.05) is 13.1 Å². The number of nitrogens with zero attached hydrogens (tertiary/aromatic N) is 1. The molecule has 1 aliphatic heterocycles. The molecule has 0 radical (unpaired) electrons. The van der Waals surface area contributed by atoms with Gasteiger partial charge in [0.1, 0.15) is 5.75 Å². The molecule has 1 heterocycles. The van der Waals surface area contributed by atoms with E-state index in [-0.39, 0.29) is 6.03 Å². The number of hydrogen-bond donors (Lipinski definition) is 1. The molecule has 1 aliphatic rings. The second kappa shape index (κ2) is 4.88. The van der Waals surface area contributed by atoms with Gasteiger partial charge in [-0.25, -0.2) is 4.79 Å². The van der Waals surface area contributed by atoms with Crippen molar-refractivity contribution in [1.82, 2.24) is 5.32 Å². The quantitative estimate of drug-likeness (QED) is 0.786.